The van der Waals surface area contributed by atoms with Gasteiger partial charge < -0.3 is 9.80 Å². The van der Waals surface area contributed by atoms with E-state index in [0.717, 1.165) is 32.6 Å². The van der Waals surface area contributed by atoms with Crippen molar-refractivity contribution in [3.63, 3.8) is 0 Å². The molecule has 24 heavy (non-hydrogen) atoms. The minimum absolute atomic E-state index is 0.656. The molecular formula is C19H22Cl2N2S. The van der Waals surface area contributed by atoms with Crippen LogP contribution >= 0.6 is 35.0 Å². The molecule has 2 aromatic carbocycles. The van der Waals surface area contributed by atoms with Crippen molar-refractivity contribution in [3.05, 3.63) is 48.5 Å². The quantitative estimate of drug-likeness (QED) is 0.561. The van der Waals surface area contributed by atoms with Gasteiger partial charge in [-0.15, -0.1) is 23.2 Å². The van der Waals surface area contributed by atoms with Crippen LogP contribution in [0.1, 0.15) is 6.42 Å². The smallest absolute Gasteiger partial charge is 0.0552 e. The standard InChI is InChI=1S/C19H22Cl2N2S/c20-10-14-22(15-11-21)12-5-13-23-16-6-1-3-8-18(16)24-19-9-4-2-7-17(19)23/h1-4,6-9H,5,10-15H2. The molecule has 0 radical (unpaired) electrons. The van der Waals surface area contributed by atoms with Gasteiger partial charge in [0.15, 0.2) is 0 Å². The van der Waals surface area contributed by atoms with Crippen molar-refractivity contribution >= 4 is 46.3 Å². The zero-order valence-electron chi connectivity index (χ0n) is 13.6. The Bertz CT molecular complexity index is 614. The van der Waals surface area contributed by atoms with Crippen molar-refractivity contribution in [1.29, 1.82) is 0 Å². The highest BCUT2D eigenvalue weighted by molar-refractivity contribution is 7.99. The number of hydrogen-bond donors (Lipinski definition) is 0. The number of alkyl halides is 2. The second kappa shape index (κ2) is 9.00. The summed E-state index contributed by atoms with van der Waals surface area (Å²) in [5.41, 5.74) is 2.62. The number of rotatable bonds is 8. The van der Waals surface area contributed by atoms with E-state index < -0.39 is 0 Å². The van der Waals surface area contributed by atoms with Crippen molar-refractivity contribution in [1.82, 2.24) is 4.90 Å². The minimum atomic E-state index is 0.656. The average molecular weight is 381 g/mol. The molecule has 0 bridgehead atoms. The van der Waals surface area contributed by atoms with E-state index in [2.05, 4.69) is 58.3 Å². The predicted molar refractivity (Wildman–Crippen MR) is 107 cm³/mol. The molecule has 0 amide bonds. The maximum absolute atomic E-state index is 5.90. The Hall–Kier alpha value is -0.870. The third-order valence-corrected chi connectivity index (χ3v) is 5.66. The van der Waals surface area contributed by atoms with Crippen molar-refractivity contribution < 1.29 is 0 Å². The van der Waals surface area contributed by atoms with Gasteiger partial charge in [0.05, 0.1) is 11.4 Å². The summed E-state index contributed by atoms with van der Waals surface area (Å²) >= 11 is 13.6. The summed E-state index contributed by atoms with van der Waals surface area (Å²) in [6, 6.07) is 17.3. The van der Waals surface area contributed by atoms with Crippen LogP contribution in [0.5, 0.6) is 0 Å². The lowest BCUT2D eigenvalue weighted by atomic mass is 10.2. The molecule has 2 aromatic rings. The molecule has 0 unspecified atom stereocenters. The molecular weight excluding hydrogens is 359 g/mol. The molecule has 0 saturated heterocycles. The Morgan fingerprint density at radius 2 is 1.33 bits per heavy atom. The highest BCUT2D eigenvalue weighted by atomic mass is 35.5. The first-order chi connectivity index (χ1) is 11.8. The SMILES string of the molecule is ClCCN(CCCl)CCCN1c2ccccc2Sc2ccccc21. The summed E-state index contributed by atoms with van der Waals surface area (Å²) < 4.78 is 0. The van der Waals surface area contributed by atoms with Crippen LogP contribution in [0, 0.1) is 0 Å². The largest absolute Gasteiger partial charge is 0.340 e. The van der Waals surface area contributed by atoms with E-state index in [1.54, 1.807) is 0 Å². The van der Waals surface area contributed by atoms with Crippen molar-refractivity contribution in [2.24, 2.45) is 0 Å². The van der Waals surface area contributed by atoms with Gasteiger partial charge in [0.1, 0.15) is 0 Å². The van der Waals surface area contributed by atoms with Crippen molar-refractivity contribution in [3.8, 4) is 0 Å². The molecule has 3 rings (SSSR count). The zero-order valence-corrected chi connectivity index (χ0v) is 16.0. The van der Waals surface area contributed by atoms with Gasteiger partial charge in [-0.25, -0.2) is 0 Å². The van der Waals surface area contributed by atoms with Gasteiger partial charge >= 0.3 is 0 Å². The topological polar surface area (TPSA) is 6.48 Å². The van der Waals surface area contributed by atoms with E-state index in [0.29, 0.717) is 11.8 Å². The third kappa shape index (κ3) is 4.20. The lowest BCUT2D eigenvalue weighted by molar-refractivity contribution is 0.305. The fraction of sp³-hybridized carbons (Fsp3) is 0.368. The summed E-state index contributed by atoms with van der Waals surface area (Å²) in [5, 5.41) is 0. The van der Waals surface area contributed by atoms with Crippen LogP contribution in [0.15, 0.2) is 58.3 Å². The maximum atomic E-state index is 5.90. The number of halogens is 2. The number of para-hydroxylation sites is 2. The normalized spacial score (nSPS) is 13.0. The van der Waals surface area contributed by atoms with E-state index in [1.165, 1.54) is 21.2 Å². The van der Waals surface area contributed by atoms with Gasteiger partial charge in [0.2, 0.25) is 0 Å². The molecule has 0 fully saturated rings. The van der Waals surface area contributed by atoms with E-state index in [4.69, 9.17) is 23.2 Å². The molecule has 5 heteroatoms. The first-order valence-electron chi connectivity index (χ1n) is 8.31. The summed E-state index contributed by atoms with van der Waals surface area (Å²) in [4.78, 5) is 7.45. The van der Waals surface area contributed by atoms with Crippen LogP contribution in [0.2, 0.25) is 0 Å². The Kier molecular flexibility index (Phi) is 6.73. The van der Waals surface area contributed by atoms with Crippen LogP contribution in [-0.4, -0.2) is 42.8 Å². The molecule has 0 aromatic heterocycles. The summed E-state index contributed by atoms with van der Waals surface area (Å²) in [5.74, 6) is 1.31. The molecule has 0 aliphatic carbocycles. The van der Waals surface area contributed by atoms with E-state index in [1.807, 2.05) is 11.8 Å². The molecule has 128 valence electrons. The van der Waals surface area contributed by atoms with Gasteiger partial charge in [-0.2, -0.15) is 0 Å². The minimum Gasteiger partial charge on any atom is -0.340 e. The van der Waals surface area contributed by atoms with Gasteiger partial charge in [-0.1, -0.05) is 36.0 Å². The fourth-order valence-electron chi connectivity index (χ4n) is 3.05. The molecule has 1 aliphatic rings. The van der Waals surface area contributed by atoms with E-state index in [9.17, 15) is 0 Å². The number of anilines is 2. The second-order valence-electron chi connectivity index (χ2n) is 5.76. The second-order valence-corrected chi connectivity index (χ2v) is 7.60. The van der Waals surface area contributed by atoms with Crippen LogP contribution in [-0.2, 0) is 0 Å². The van der Waals surface area contributed by atoms with Gasteiger partial charge in [-0.05, 0) is 37.2 Å². The predicted octanol–water partition coefficient (Wildman–Crippen LogP) is 5.46. The Labute approximate surface area is 158 Å². The zero-order chi connectivity index (χ0) is 16.8. The highest BCUT2D eigenvalue weighted by Crippen LogP contribution is 2.47. The van der Waals surface area contributed by atoms with Crippen LogP contribution in [0.25, 0.3) is 0 Å². The Balaban J connectivity index is 1.73. The molecule has 0 saturated carbocycles. The van der Waals surface area contributed by atoms with Crippen molar-refractivity contribution in [2.45, 2.75) is 16.2 Å². The third-order valence-electron chi connectivity index (χ3n) is 4.19. The Morgan fingerprint density at radius 3 is 1.88 bits per heavy atom. The molecule has 2 nitrogen and oxygen atoms in total. The molecule has 1 heterocycles. The number of fused-ring (bicyclic) bond motifs is 2. The van der Waals surface area contributed by atoms with Gasteiger partial charge in [0.25, 0.3) is 0 Å². The van der Waals surface area contributed by atoms with Gasteiger partial charge in [0, 0.05) is 41.2 Å². The molecule has 1 aliphatic heterocycles. The highest BCUT2D eigenvalue weighted by Gasteiger charge is 2.22. The van der Waals surface area contributed by atoms with Gasteiger partial charge in [-0.3, -0.25) is 0 Å². The average Bonchev–Trinajstić information content (AvgIpc) is 2.61. The van der Waals surface area contributed by atoms with Crippen LogP contribution < -0.4 is 4.90 Å². The summed E-state index contributed by atoms with van der Waals surface area (Å²) in [7, 11) is 0. The number of nitrogens with zero attached hydrogens (tertiary/aromatic N) is 2. The van der Waals surface area contributed by atoms with E-state index in [-0.39, 0.29) is 0 Å². The molecule has 0 atom stereocenters. The lowest BCUT2D eigenvalue weighted by Crippen LogP contribution is -2.31. The van der Waals surface area contributed by atoms with Crippen LogP contribution in [0.4, 0.5) is 11.4 Å². The van der Waals surface area contributed by atoms with Crippen LogP contribution in [0.3, 0.4) is 0 Å². The summed E-state index contributed by atoms with van der Waals surface area (Å²) in [6.07, 6.45) is 1.08. The van der Waals surface area contributed by atoms with Crippen molar-refractivity contribution in [2.75, 3.05) is 42.8 Å². The monoisotopic (exact) mass is 380 g/mol. The molecule has 0 spiro atoms. The Morgan fingerprint density at radius 1 is 0.792 bits per heavy atom. The first-order valence-corrected chi connectivity index (χ1v) is 10.2. The fourth-order valence-corrected chi connectivity index (χ4v) is 4.62. The van der Waals surface area contributed by atoms with E-state index >= 15 is 0 Å². The maximum Gasteiger partial charge on any atom is 0.0552 e. The molecule has 0 N–H and O–H groups in total. The lowest BCUT2D eigenvalue weighted by Gasteiger charge is -2.33. The number of benzene rings is 2. The number of hydrogen-bond acceptors (Lipinski definition) is 3. The summed E-state index contributed by atoms with van der Waals surface area (Å²) in [6.45, 7) is 3.82. The first kappa shape index (κ1) is 17.9.